The summed E-state index contributed by atoms with van der Waals surface area (Å²) < 4.78 is 2.01. The van der Waals surface area contributed by atoms with Crippen molar-refractivity contribution in [3.05, 3.63) is 57.5 Å². The second kappa shape index (κ2) is 6.94. The maximum absolute atomic E-state index is 12.6. The van der Waals surface area contributed by atoms with E-state index < -0.39 is 0 Å². The van der Waals surface area contributed by atoms with Crippen LogP contribution >= 0.6 is 38.9 Å². The van der Waals surface area contributed by atoms with E-state index in [0.717, 1.165) is 38.5 Å². The number of thiazole rings is 1. The molecule has 1 saturated heterocycles. The van der Waals surface area contributed by atoms with Gasteiger partial charge < -0.3 is 9.80 Å². The van der Waals surface area contributed by atoms with Gasteiger partial charge in [0.15, 0.2) is 5.13 Å². The average molecular weight is 437 g/mol. The number of para-hydroxylation sites is 1. The fourth-order valence-electron chi connectivity index (χ4n) is 2.94. The van der Waals surface area contributed by atoms with Crippen LogP contribution in [0.4, 0.5) is 5.13 Å². The van der Waals surface area contributed by atoms with Crippen molar-refractivity contribution in [2.24, 2.45) is 0 Å². The number of fused-ring (bicyclic) bond motifs is 1. The van der Waals surface area contributed by atoms with Crippen LogP contribution in [0.3, 0.4) is 0 Å². The number of carbonyl (C=O) groups excluding carboxylic acids is 1. The highest BCUT2D eigenvalue weighted by Crippen LogP contribution is 2.33. The Hall–Kier alpha value is -1.63. The molecule has 2 heterocycles. The van der Waals surface area contributed by atoms with E-state index in [1.54, 1.807) is 11.3 Å². The fraction of sp³-hybridized carbons (Fsp3) is 0.222. The Morgan fingerprint density at radius 2 is 1.88 bits per heavy atom. The molecule has 0 atom stereocenters. The molecule has 0 spiro atoms. The zero-order valence-corrected chi connectivity index (χ0v) is 16.4. The molecule has 0 bridgehead atoms. The van der Waals surface area contributed by atoms with Crippen molar-refractivity contribution in [3.8, 4) is 0 Å². The second-order valence-electron chi connectivity index (χ2n) is 5.87. The van der Waals surface area contributed by atoms with E-state index in [-0.39, 0.29) is 5.91 Å². The molecule has 1 aromatic heterocycles. The van der Waals surface area contributed by atoms with Crippen molar-refractivity contribution in [2.45, 2.75) is 0 Å². The summed E-state index contributed by atoms with van der Waals surface area (Å²) in [4.78, 5) is 21.4. The number of carbonyl (C=O) groups is 1. The molecule has 7 heteroatoms. The van der Waals surface area contributed by atoms with Crippen molar-refractivity contribution >= 4 is 60.1 Å². The van der Waals surface area contributed by atoms with Gasteiger partial charge in [-0.3, -0.25) is 4.79 Å². The van der Waals surface area contributed by atoms with E-state index in [1.165, 1.54) is 0 Å². The first kappa shape index (κ1) is 16.8. The third kappa shape index (κ3) is 3.38. The van der Waals surface area contributed by atoms with Gasteiger partial charge in [0.1, 0.15) is 5.52 Å². The summed E-state index contributed by atoms with van der Waals surface area (Å²) in [5, 5.41) is 1.65. The van der Waals surface area contributed by atoms with Crippen molar-refractivity contribution < 1.29 is 4.79 Å². The van der Waals surface area contributed by atoms with Gasteiger partial charge in [0, 0.05) is 36.2 Å². The van der Waals surface area contributed by atoms with E-state index in [1.807, 2.05) is 47.4 Å². The molecule has 1 aliphatic rings. The van der Waals surface area contributed by atoms with Crippen LogP contribution in [0.15, 0.2) is 46.9 Å². The van der Waals surface area contributed by atoms with Crippen LogP contribution in [0.25, 0.3) is 10.2 Å². The van der Waals surface area contributed by atoms with Gasteiger partial charge in [0.05, 0.1) is 9.72 Å². The molecule has 1 aliphatic heterocycles. The van der Waals surface area contributed by atoms with Crippen molar-refractivity contribution in [2.75, 3.05) is 31.1 Å². The zero-order chi connectivity index (χ0) is 17.4. The van der Waals surface area contributed by atoms with Crippen molar-refractivity contribution in [1.82, 2.24) is 9.88 Å². The maximum Gasteiger partial charge on any atom is 0.254 e. The zero-order valence-electron chi connectivity index (χ0n) is 13.3. The summed E-state index contributed by atoms with van der Waals surface area (Å²) in [7, 11) is 0. The Kier molecular flexibility index (Phi) is 4.67. The molecular formula is C18H15BrClN3OS. The Morgan fingerprint density at radius 3 is 2.60 bits per heavy atom. The molecule has 1 fully saturated rings. The molecule has 2 aromatic carbocycles. The van der Waals surface area contributed by atoms with Crippen LogP contribution in [0.1, 0.15) is 10.4 Å². The third-order valence-corrected chi connectivity index (χ3v) is 6.15. The summed E-state index contributed by atoms with van der Waals surface area (Å²) in [6.45, 7) is 2.93. The monoisotopic (exact) mass is 435 g/mol. The molecule has 0 saturated carbocycles. The quantitative estimate of drug-likeness (QED) is 0.585. The number of rotatable bonds is 2. The number of piperazine rings is 1. The lowest BCUT2D eigenvalue weighted by atomic mass is 10.2. The number of amides is 1. The lowest BCUT2D eigenvalue weighted by Crippen LogP contribution is -2.48. The molecule has 3 aromatic rings. The summed E-state index contributed by atoms with van der Waals surface area (Å²) in [6, 6.07) is 13.4. The minimum absolute atomic E-state index is 0.0771. The molecule has 4 nitrogen and oxygen atoms in total. The van der Waals surface area contributed by atoms with Crippen LogP contribution < -0.4 is 4.90 Å². The van der Waals surface area contributed by atoms with Crippen LogP contribution in [0, 0.1) is 0 Å². The van der Waals surface area contributed by atoms with Crippen molar-refractivity contribution in [3.63, 3.8) is 0 Å². The highest BCUT2D eigenvalue weighted by molar-refractivity contribution is 9.10. The number of halogens is 2. The van der Waals surface area contributed by atoms with Crippen LogP contribution in [0.2, 0.25) is 5.02 Å². The highest BCUT2D eigenvalue weighted by atomic mass is 79.9. The molecule has 0 N–H and O–H groups in total. The molecular weight excluding hydrogens is 422 g/mol. The lowest BCUT2D eigenvalue weighted by molar-refractivity contribution is 0.0746. The maximum atomic E-state index is 12.6. The predicted octanol–water partition coefficient (Wildman–Crippen LogP) is 4.67. The van der Waals surface area contributed by atoms with E-state index in [4.69, 9.17) is 11.6 Å². The Bertz CT molecular complexity index is 937. The Labute approximate surface area is 163 Å². The minimum atomic E-state index is 0.0771. The smallest absolute Gasteiger partial charge is 0.254 e. The van der Waals surface area contributed by atoms with E-state index in [0.29, 0.717) is 18.1 Å². The number of nitrogens with zero attached hydrogens (tertiary/aromatic N) is 3. The van der Waals surface area contributed by atoms with Gasteiger partial charge >= 0.3 is 0 Å². The number of anilines is 1. The number of hydrogen-bond donors (Lipinski definition) is 0. The summed E-state index contributed by atoms with van der Waals surface area (Å²) >= 11 is 11.3. The Morgan fingerprint density at radius 1 is 1.12 bits per heavy atom. The van der Waals surface area contributed by atoms with Gasteiger partial charge in [-0.05, 0) is 30.3 Å². The first-order chi connectivity index (χ1) is 12.1. The first-order valence-corrected chi connectivity index (χ1v) is 9.95. The van der Waals surface area contributed by atoms with Crippen LogP contribution in [-0.2, 0) is 0 Å². The minimum Gasteiger partial charge on any atom is -0.345 e. The lowest BCUT2D eigenvalue weighted by Gasteiger charge is -2.34. The van der Waals surface area contributed by atoms with Gasteiger partial charge in [0.2, 0.25) is 0 Å². The van der Waals surface area contributed by atoms with Gasteiger partial charge in [-0.15, -0.1) is 0 Å². The number of aromatic nitrogens is 1. The second-order valence-corrected chi connectivity index (χ2v) is 8.20. The van der Waals surface area contributed by atoms with Gasteiger partial charge in [-0.2, -0.15) is 0 Å². The largest absolute Gasteiger partial charge is 0.345 e. The fourth-order valence-corrected chi connectivity index (χ4v) is 4.66. The summed E-state index contributed by atoms with van der Waals surface area (Å²) in [5.74, 6) is 0.0771. The SMILES string of the molecule is O=C(c1cccc(Br)c1)N1CCN(c2nc3c(Cl)cccc3s2)CC1. The first-order valence-electron chi connectivity index (χ1n) is 7.97. The molecule has 25 heavy (non-hydrogen) atoms. The van der Waals surface area contributed by atoms with Crippen LogP contribution in [-0.4, -0.2) is 42.0 Å². The highest BCUT2D eigenvalue weighted by Gasteiger charge is 2.24. The molecule has 1 amide bonds. The van der Waals surface area contributed by atoms with Crippen LogP contribution in [0.5, 0.6) is 0 Å². The molecule has 128 valence electrons. The molecule has 0 radical (unpaired) electrons. The number of benzene rings is 2. The standard InChI is InChI=1S/C18H15BrClN3OS/c19-13-4-1-3-12(11-13)17(24)22-7-9-23(10-8-22)18-21-16-14(20)5-2-6-15(16)25-18/h1-6,11H,7-10H2. The molecule has 4 rings (SSSR count). The normalized spacial score (nSPS) is 15.0. The summed E-state index contributed by atoms with van der Waals surface area (Å²) in [5.41, 5.74) is 1.58. The average Bonchev–Trinajstić information content (AvgIpc) is 3.07. The van der Waals surface area contributed by atoms with Crippen molar-refractivity contribution in [1.29, 1.82) is 0 Å². The van der Waals surface area contributed by atoms with Gasteiger partial charge in [-0.1, -0.05) is 51.0 Å². The van der Waals surface area contributed by atoms with Gasteiger partial charge in [-0.25, -0.2) is 4.98 Å². The number of hydrogen-bond acceptors (Lipinski definition) is 4. The Balaban J connectivity index is 1.47. The van der Waals surface area contributed by atoms with E-state index >= 15 is 0 Å². The van der Waals surface area contributed by atoms with E-state index in [9.17, 15) is 4.79 Å². The summed E-state index contributed by atoms with van der Waals surface area (Å²) in [6.07, 6.45) is 0. The molecule has 0 unspecified atom stereocenters. The predicted molar refractivity (Wildman–Crippen MR) is 107 cm³/mol. The third-order valence-electron chi connectivity index (χ3n) is 4.27. The molecule has 0 aliphatic carbocycles. The topological polar surface area (TPSA) is 36.4 Å². The van der Waals surface area contributed by atoms with Gasteiger partial charge in [0.25, 0.3) is 5.91 Å². The van der Waals surface area contributed by atoms with E-state index in [2.05, 4.69) is 25.8 Å².